The maximum Gasteiger partial charge on any atom is 0.410 e. The van der Waals surface area contributed by atoms with Crippen LogP contribution < -0.4 is 51.4 Å². The summed E-state index contributed by atoms with van der Waals surface area (Å²) < 4.78 is 56.6. The van der Waals surface area contributed by atoms with E-state index in [2.05, 4.69) is 62.1 Å². The molecule has 690 valence electrons. The molecule has 6 heterocycles. The smallest absolute Gasteiger partial charge is 0.410 e. The Morgan fingerprint density at radius 2 is 0.758 bits per heavy atom. The van der Waals surface area contributed by atoms with Crippen molar-refractivity contribution in [2.45, 2.75) is 64.6 Å². The second-order valence-corrected chi connectivity index (χ2v) is 35.2. The quantitative estimate of drug-likeness (QED) is 0.0227. The van der Waals surface area contributed by atoms with Gasteiger partial charge in [0.15, 0.2) is 5.65 Å². The fourth-order valence-corrected chi connectivity index (χ4v) is 15.2. The number of hydrogen-bond donors (Lipinski definition) is 9. The van der Waals surface area contributed by atoms with E-state index in [0.717, 1.165) is 83.6 Å². The highest BCUT2D eigenvalue weighted by Gasteiger charge is 2.29. The lowest BCUT2D eigenvalue weighted by Gasteiger charge is -2.24. The number of amides is 11. The van der Waals surface area contributed by atoms with Gasteiger partial charge in [0.05, 0.1) is 60.0 Å². The number of ether oxygens (including phenoxy) is 5. The Morgan fingerprint density at radius 3 is 1.11 bits per heavy atom. The van der Waals surface area contributed by atoms with Crippen LogP contribution >= 0.6 is 0 Å². The van der Waals surface area contributed by atoms with Crippen molar-refractivity contribution in [1.82, 2.24) is 74.7 Å². The summed E-state index contributed by atoms with van der Waals surface area (Å²) in [4.78, 5) is 129. The second-order valence-electron chi connectivity index (χ2n) is 33.4. The zero-order valence-corrected chi connectivity index (χ0v) is 78.2. The number of H-pyrrole nitrogens is 2. The standard InChI is InChI=1S/C39H44N6O7S.C32H38N6O5.C27H30N6O3/c1-25-13-16-28(17-14-25)53(49,50)45-24-32(29-11-9-10-12-34(29)51-8)30-22-27(23-41-35(30)45)26-15-18-33(31(21-26)36(46)43(5)6)42-37(47)40-19-20-44(7)38(48)52-39(2,3)4;1-32(2,3)43-31(41)38(6)15-14-33-30(40)36-26-13-12-20(16-24(26)29(39)37(4)5)21-17-23-25(19-35-28(23)34-18-21)22-10-8-9-11-27(22)42-7;1-28-11-12-29-27(35)32-23-10-9-17(13-21(23)26(34)33(2)3)18-14-20-22(16-31-25(20)30-15-18)19-7-5-6-8-24(19)36-4/h9-18,21-24H,19-20H2,1-8H3,(H2,40,42,47);8-13,16-19H,14-15H2,1-7H3,(H,34,35)(H2,33,36,40);5-10,13-16,28H,11-12H2,1-4H3,(H,30,31)(H2,29,32,35). The monoisotopic (exact) mass is 1810 g/mol. The van der Waals surface area contributed by atoms with E-state index in [1.165, 1.54) is 28.5 Å². The van der Waals surface area contributed by atoms with Gasteiger partial charge in [-0.05, 0) is 157 Å². The predicted octanol–water partition coefficient (Wildman–Crippen LogP) is 16.2. The van der Waals surface area contributed by atoms with Gasteiger partial charge in [0.1, 0.15) is 39.7 Å². The van der Waals surface area contributed by atoms with E-state index >= 15 is 0 Å². The van der Waals surface area contributed by atoms with E-state index in [4.69, 9.17) is 23.7 Å². The number of aryl methyl sites for hydroxylation is 1. The molecular formula is C98H112N18O15S. The number of nitrogens with zero attached hydrogens (tertiary/aromatic N) is 9. The summed E-state index contributed by atoms with van der Waals surface area (Å²) in [6, 6.07) is 49.6. The molecule has 0 aliphatic carbocycles. The number of fused-ring (bicyclic) bond motifs is 3. The molecule has 13 aromatic rings. The molecule has 0 aliphatic rings. The molecule has 0 unspecified atom stereocenters. The summed E-state index contributed by atoms with van der Waals surface area (Å²) in [7, 11) is 15.6. The van der Waals surface area contributed by atoms with Crippen LogP contribution in [0.1, 0.15) is 78.2 Å². The normalized spacial score (nSPS) is 11.2. The Morgan fingerprint density at radius 1 is 0.409 bits per heavy atom. The molecule has 6 aromatic heterocycles. The van der Waals surface area contributed by atoms with E-state index in [-0.39, 0.29) is 71.7 Å². The van der Waals surface area contributed by atoms with E-state index in [1.54, 1.807) is 217 Å². The minimum atomic E-state index is -4.04. The summed E-state index contributed by atoms with van der Waals surface area (Å²) in [6.07, 6.45) is 9.43. The van der Waals surface area contributed by atoms with E-state index < -0.39 is 45.5 Å². The molecule has 7 aromatic carbocycles. The SMILES string of the molecule is CNCCNC(=O)Nc1ccc(-c2cnc3[nH]cc(-c4ccccc4OC)c3c2)cc1C(=O)N(C)C.COc1ccccc1-c1c[nH]c2ncc(-c3ccc(NC(=O)NCCN(C)C(=O)OC(C)(C)C)c(C(=O)N(C)C)c3)cc12.COc1ccccc1-c1cn(S(=O)(=O)c2ccc(C)cc2)c2ncc(-c3ccc(NC(=O)NCCN(C)C(=O)OC(C)(C)C)c(C(=O)N(C)C)c3)cc12. The molecule has 0 saturated carbocycles. The van der Waals surface area contributed by atoms with Crippen molar-refractivity contribution in [2.24, 2.45) is 0 Å². The number of likely N-dealkylation sites (N-methyl/N-ethyl adjacent to an activating group) is 3. The highest BCUT2D eigenvalue weighted by Crippen LogP contribution is 2.42. The number of aromatic amines is 2. The van der Waals surface area contributed by atoms with Gasteiger partial charge in [0, 0.05) is 199 Å². The average molecular weight is 1810 g/mol. The summed E-state index contributed by atoms with van der Waals surface area (Å²) in [6.45, 7) is 14.4. The fraction of sp³-hybridized carbons (Fsp3) is 0.276. The number of nitrogens with one attached hydrogen (secondary N) is 9. The Hall–Kier alpha value is -15.3. The van der Waals surface area contributed by atoms with Gasteiger partial charge < -0.3 is 95.4 Å². The van der Waals surface area contributed by atoms with Crippen molar-refractivity contribution in [3.63, 3.8) is 0 Å². The Balaban J connectivity index is 0.000000195. The Kier molecular flexibility index (Phi) is 31.5. The lowest BCUT2D eigenvalue weighted by molar-refractivity contribution is 0.0291. The molecule has 0 saturated heterocycles. The van der Waals surface area contributed by atoms with Crippen molar-refractivity contribution >= 4 is 108 Å². The van der Waals surface area contributed by atoms with Crippen molar-refractivity contribution in [3.8, 4) is 84.0 Å². The molecule has 13 rings (SSSR count). The summed E-state index contributed by atoms with van der Waals surface area (Å²) >= 11 is 0. The van der Waals surface area contributed by atoms with Crippen LogP contribution in [0, 0.1) is 6.92 Å². The van der Waals surface area contributed by atoms with Gasteiger partial charge in [-0.25, -0.2) is 51.3 Å². The number of methoxy groups -OCH3 is 3. The van der Waals surface area contributed by atoms with Crippen LogP contribution in [0.2, 0.25) is 0 Å². The van der Waals surface area contributed by atoms with Crippen LogP contribution in [-0.4, -0.2) is 245 Å². The van der Waals surface area contributed by atoms with Crippen molar-refractivity contribution in [3.05, 3.63) is 229 Å². The summed E-state index contributed by atoms with van der Waals surface area (Å²) in [5.74, 6) is 1.23. The van der Waals surface area contributed by atoms with Crippen LogP contribution in [0.3, 0.4) is 0 Å². The third kappa shape index (κ3) is 24.0. The third-order valence-electron chi connectivity index (χ3n) is 20.7. The molecule has 0 radical (unpaired) electrons. The largest absolute Gasteiger partial charge is 0.496 e. The van der Waals surface area contributed by atoms with E-state index in [0.29, 0.717) is 69.0 Å². The van der Waals surface area contributed by atoms with Crippen molar-refractivity contribution in [1.29, 1.82) is 0 Å². The van der Waals surface area contributed by atoms with E-state index in [9.17, 15) is 46.8 Å². The first-order valence-corrected chi connectivity index (χ1v) is 43.7. The van der Waals surface area contributed by atoms with Crippen molar-refractivity contribution < 1.29 is 70.5 Å². The van der Waals surface area contributed by atoms with Gasteiger partial charge in [-0.3, -0.25) is 14.4 Å². The zero-order valence-electron chi connectivity index (χ0n) is 77.4. The third-order valence-corrected chi connectivity index (χ3v) is 22.4. The van der Waals surface area contributed by atoms with Gasteiger partial charge in [-0.15, -0.1) is 0 Å². The van der Waals surface area contributed by atoms with Gasteiger partial charge in [0.25, 0.3) is 27.7 Å². The molecule has 33 nitrogen and oxygen atoms in total. The minimum Gasteiger partial charge on any atom is -0.496 e. The number of para-hydroxylation sites is 3. The number of rotatable bonds is 26. The second kappa shape index (κ2) is 42.7. The maximum atomic E-state index is 14.0. The molecule has 0 atom stereocenters. The first-order chi connectivity index (χ1) is 62.8. The minimum absolute atomic E-state index is 0.117. The maximum absolute atomic E-state index is 14.0. The molecule has 0 bridgehead atoms. The molecule has 0 aliphatic heterocycles. The van der Waals surface area contributed by atoms with E-state index in [1.807, 2.05) is 123 Å². The Bertz CT molecular complexity index is 6530. The highest BCUT2D eigenvalue weighted by atomic mass is 32.2. The van der Waals surface area contributed by atoms with Gasteiger partial charge in [0.2, 0.25) is 0 Å². The van der Waals surface area contributed by atoms with Crippen LogP contribution in [0.5, 0.6) is 17.2 Å². The molecule has 34 heteroatoms. The Labute approximate surface area is 767 Å². The number of benzene rings is 7. The first kappa shape index (κ1) is 97.3. The van der Waals surface area contributed by atoms with Crippen molar-refractivity contribution in [2.75, 3.05) is 140 Å². The lowest BCUT2D eigenvalue weighted by Crippen LogP contribution is -2.40. The summed E-state index contributed by atoms with van der Waals surface area (Å²) in [5.41, 5.74) is 12.8. The van der Waals surface area contributed by atoms with Gasteiger partial charge in [-0.2, -0.15) is 0 Å². The number of aromatic nitrogens is 6. The van der Waals surface area contributed by atoms with Gasteiger partial charge in [-0.1, -0.05) is 90.5 Å². The molecule has 9 N–H and O–H groups in total. The van der Waals surface area contributed by atoms with Crippen LogP contribution in [-0.2, 0) is 19.5 Å². The molecule has 0 spiro atoms. The molecular weight excluding hydrogens is 1700 g/mol. The lowest BCUT2D eigenvalue weighted by atomic mass is 9.99. The summed E-state index contributed by atoms with van der Waals surface area (Å²) in [5, 5.41) is 21.8. The number of anilines is 3. The van der Waals surface area contributed by atoms with Crippen LogP contribution in [0.25, 0.3) is 99.9 Å². The molecule has 132 heavy (non-hydrogen) atoms. The average Bonchev–Trinajstić information content (AvgIpc) is 1.58. The molecule has 11 amide bonds. The number of carbonyl (C=O) groups excluding carboxylic acids is 8. The van der Waals surface area contributed by atoms with Gasteiger partial charge >= 0.3 is 30.3 Å². The van der Waals surface area contributed by atoms with Crippen LogP contribution in [0.4, 0.5) is 41.0 Å². The first-order valence-electron chi connectivity index (χ1n) is 42.2. The highest BCUT2D eigenvalue weighted by molar-refractivity contribution is 7.90. The number of urea groups is 3. The van der Waals surface area contributed by atoms with Crippen LogP contribution in [0.15, 0.2) is 212 Å². The number of hydrogen-bond acceptors (Lipinski definition) is 19. The number of carbonyl (C=O) groups is 8. The number of pyridine rings is 3. The zero-order chi connectivity index (χ0) is 95.6. The topological polar surface area (TPSA) is 392 Å². The predicted molar refractivity (Wildman–Crippen MR) is 515 cm³/mol. The molecule has 0 fully saturated rings. The fourth-order valence-electron chi connectivity index (χ4n) is 13.9.